The minimum atomic E-state index is -0.544. The van der Waals surface area contributed by atoms with Gasteiger partial charge in [0.15, 0.2) is 0 Å². The molecule has 2 amide bonds. The van der Waals surface area contributed by atoms with Crippen LogP contribution in [0, 0.1) is 5.82 Å². The monoisotopic (exact) mass is 520 g/mol. The number of halogens is 1. The molecule has 1 N–H and O–H groups in total. The van der Waals surface area contributed by atoms with Gasteiger partial charge in [-0.05, 0) is 45.9 Å². The highest BCUT2D eigenvalue weighted by atomic mass is 19.1. The molecule has 1 aromatic rings. The molecule has 2 fully saturated rings. The molecule has 5 atom stereocenters. The summed E-state index contributed by atoms with van der Waals surface area (Å²) in [5.41, 5.74) is 0.930. The Morgan fingerprint density at radius 3 is 2.64 bits per heavy atom. The fourth-order valence-electron chi connectivity index (χ4n) is 3.83. The lowest BCUT2D eigenvalue weighted by Gasteiger charge is -2.42. The van der Waals surface area contributed by atoms with Crippen LogP contribution >= 0.6 is 0 Å². The van der Waals surface area contributed by atoms with Crippen LogP contribution in [0.5, 0.6) is 0 Å². The zero-order valence-corrected chi connectivity index (χ0v) is 16.9. The van der Waals surface area contributed by atoms with Crippen molar-refractivity contribution in [2.45, 2.75) is 65.0 Å². The molecule has 2 saturated heterocycles. The molecule has 4 unspecified atom stereocenters. The lowest BCUT2D eigenvalue weighted by atomic mass is 10.1. The molecule has 0 radical (unpaired) electrons. The van der Waals surface area contributed by atoms with E-state index < -0.39 is 18.0 Å². The van der Waals surface area contributed by atoms with E-state index >= 15 is 4.39 Å². The number of nitrogens with zero attached hydrogens (tertiary/aromatic N) is 2. The predicted octanol–water partition coefficient (Wildman–Crippen LogP) is 18.2. The summed E-state index contributed by atoms with van der Waals surface area (Å²) in [4.78, 5) is 26.9. The van der Waals surface area contributed by atoms with Crippen molar-refractivity contribution in [2.75, 3.05) is 22.9 Å². The van der Waals surface area contributed by atoms with E-state index in [1.807, 2.05) is 32.6 Å². The van der Waals surface area contributed by atoms with Crippen molar-refractivity contribution in [3.63, 3.8) is 0 Å². The normalized spacial score (nSPS) is 30.4. The largest absolute Gasteiger partial charge is 0.442 e. The second-order valence-corrected chi connectivity index (χ2v) is 7.65. The number of hydrogen-bond acceptors (Lipinski definition) is 5. The summed E-state index contributed by atoms with van der Waals surface area (Å²) in [6.07, 6.45) is -1.03. The first-order chi connectivity index (χ1) is 13.2. The third-order valence-corrected chi connectivity index (χ3v) is 5.54. The second-order valence-electron chi connectivity index (χ2n) is 7.65. The highest BCUT2D eigenvalue weighted by molar-refractivity contribution is 5.91. The zero-order valence-electron chi connectivity index (χ0n) is 16.9. The number of ether oxygens (including phenoxy) is 2. The molecule has 28 heavy (non-hydrogen) atoms. The van der Waals surface area contributed by atoms with Gasteiger partial charge in [-0.2, -0.15) is 0 Å². The van der Waals surface area contributed by atoms with Crippen LogP contribution in [0.3, 0.4) is 0 Å². The van der Waals surface area contributed by atoms with Gasteiger partial charge >= 0.3 is 6.09 Å². The summed E-state index contributed by atoms with van der Waals surface area (Å²) in [6.45, 7) is 10.0. The molecule has 0 aliphatic carbocycles. The summed E-state index contributed by atoms with van der Waals surface area (Å²) < 4.78 is 26.2. The van der Waals surface area contributed by atoms with Crippen molar-refractivity contribution in [3.8, 4) is 0 Å². The Balaban J connectivity index is -0.00000000242. The lowest BCUT2D eigenvalue weighted by molar-refractivity contribution is -0.119. The summed E-state index contributed by atoms with van der Waals surface area (Å²) in [6, 6.07) is 4.51. The number of carbonyl (C=O) groups excluding carboxylic acids is 2. The zero-order chi connectivity index (χ0) is 20.6. The number of carbonyl (C=O) groups is 2. The molecule has 7 nitrogen and oxygen atoms in total. The number of nitrogens with one attached hydrogen (secondary N) is 1. The Hall–Kier alpha value is -2.35. The number of anilines is 2. The Morgan fingerprint density at radius 1 is 1.29 bits per heavy atom. The van der Waals surface area contributed by atoms with Gasteiger partial charge in [0.25, 0.3) is 0 Å². The van der Waals surface area contributed by atoms with Gasteiger partial charge in [-0.15, -0.1) is 0 Å². The first-order valence-electron chi connectivity index (χ1n) is 9.65. The molecule has 2 aliphatic rings. The molecule has 3 rings (SSSR count). The Labute approximate surface area is 258 Å². The third kappa shape index (κ3) is 3.92. The van der Waals surface area contributed by atoms with Gasteiger partial charge in [-0.1, -0.05) is 0 Å². The fourth-order valence-corrected chi connectivity index (χ4v) is 3.83. The highest BCUT2D eigenvalue weighted by Gasteiger charge is 2.40. The van der Waals surface area contributed by atoms with Gasteiger partial charge in [-0.25, -0.2) is 9.18 Å². The van der Waals surface area contributed by atoms with Crippen molar-refractivity contribution in [1.82, 2.24) is 5.32 Å². The van der Waals surface area contributed by atoms with Crippen molar-refractivity contribution in [2.24, 2.45) is 0 Å². The number of amides is 2. The molecular formula is C20H154FN3O4. The molecule has 1 aromatic carbocycles. The minimum absolute atomic E-state index is 0. The first kappa shape index (κ1) is 20.4. The van der Waals surface area contributed by atoms with Crippen LogP contribution in [0.4, 0.5) is 20.6 Å². The van der Waals surface area contributed by atoms with Gasteiger partial charge in [-0.3, -0.25) is 9.69 Å². The second kappa shape index (κ2) is 7.95. The maximum absolute atomic E-state index is 15.0. The molecule has 8 heteroatoms. The van der Waals surface area contributed by atoms with E-state index in [-0.39, 0.29) is 127 Å². The van der Waals surface area contributed by atoms with Gasteiger partial charge in [0.1, 0.15) is 11.9 Å². The molecule has 280 valence electrons. The van der Waals surface area contributed by atoms with Crippen LogP contribution < -0.4 is 15.1 Å². The standard InChI is InChI=1S/C20H28FN3O4.63H2/c1-11-10-23(12(2)14(4)27-11)18-7-6-16(8-17(18)21)24-13(3)19(28-20(24)26)9-22-15(5)25;;;;;;;;;;;;;;;;;;;;;;;;;;;;;;;;;;;;;;;;;;;;;;;;;;;;;;;;;;;;;;;/h6-8,11-14,19H,9-10H2,1-5H3,(H,22,25);63*1H/t11?,12?,13?,14?,19-;;;;;;;;;;;;;;;;;;;;;;;;;;;;;;;;;;;;;;;;;;;;;;;;;;;;;;;;;;;;;;;/m0.............................................................../s1. The maximum Gasteiger partial charge on any atom is 0.415 e. The van der Waals surface area contributed by atoms with Crippen LogP contribution in [-0.2, 0) is 14.3 Å². The Morgan fingerprint density at radius 2 is 2.00 bits per heavy atom. The van der Waals surface area contributed by atoms with Crippen molar-refractivity contribution < 1.29 is 113 Å². The summed E-state index contributed by atoms with van der Waals surface area (Å²) in [7, 11) is 0. The minimum Gasteiger partial charge on any atom is -0.442 e. The number of hydrogen-bond donors (Lipinski definition) is 1. The number of cyclic esters (lactones) is 1. The van der Waals surface area contributed by atoms with E-state index in [4.69, 9.17) is 9.47 Å². The number of rotatable bonds is 4. The molecule has 2 heterocycles. The Kier molecular flexibility index (Phi) is 5.79. The average molecular weight is 520 g/mol. The Bertz CT molecular complexity index is 840. The fraction of sp³-hybridized carbons (Fsp3) is 0.600. The average Bonchev–Trinajstić information content (AvgIpc) is 2.90. The van der Waals surface area contributed by atoms with Crippen LogP contribution in [0.2, 0.25) is 0 Å². The molecular weight excluding hydrogens is 365 g/mol. The van der Waals surface area contributed by atoms with Gasteiger partial charge < -0.3 is 19.7 Å². The first-order valence-corrected chi connectivity index (χ1v) is 9.65. The molecule has 0 bridgehead atoms. The smallest absolute Gasteiger partial charge is 0.415 e. The van der Waals surface area contributed by atoms with E-state index in [1.165, 1.54) is 17.9 Å². The van der Waals surface area contributed by atoms with E-state index in [1.54, 1.807) is 12.1 Å². The van der Waals surface area contributed by atoms with Crippen molar-refractivity contribution >= 4 is 23.4 Å². The SMILES string of the molecule is CC(=O)NC[C@@H]1OC(=O)N(c2ccc(N3CC(C)OC(C)C3C)c(F)c2)C1C.[HH].[HH].[HH].[HH].[HH].[HH].[HH].[HH].[HH].[HH].[HH].[HH].[HH].[HH].[HH].[HH].[HH].[HH].[HH].[HH].[HH].[HH].[HH].[HH].[HH].[HH].[HH].[HH].[HH].[HH].[HH].[HH].[HH].[HH].[HH].[HH].[HH].[HH].[HH].[HH].[HH].[HH].[HH].[HH].[HH].[HH].[HH].[HH].[HH].[HH].[HH].[HH].[HH].[HH].[HH].[HH].[HH].[HH].[HH].[HH].[HH].[HH].[HH]. The lowest BCUT2D eigenvalue weighted by Crippen LogP contribution is -2.52. The van der Waals surface area contributed by atoms with Crippen molar-refractivity contribution in [3.05, 3.63) is 24.0 Å². The van der Waals surface area contributed by atoms with E-state index in [2.05, 4.69) is 5.32 Å². The van der Waals surface area contributed by atoms with Gasteiger partial charge in [0, 0.05) is 103 Å². The third-order valence-electron chi connectivity index (χ3n) is 5.54. The van der Waals surface area contributed by atoms with Crippen LogP contribution in [0.1, 0.15) is 124 Å². The maximum atomic E-state index is 15.0. The summed E-state index contributed by atoms with van der Waals surface area (Å²) in [5.74, 6) is -0.587. The number of morpholine rings is 1. The number of benzene rings is 1. The van der Waals surface area contributed by atoms with E-state index in [0.29, 0.717) is 17.9 Å². The van der Waals surface area contributed by atoms with Crippen molar-refractivity contribution in [1.29, 1.82) is 0 Å². The van der Waals surface area contributed by atoms with Crippen LogP contribution in [0.15, 0.2) is 18.2 Å². The summed E-state index contributed by atoms with van der Waals surface area (Å²) in [5, 5.41) is 2.65. The molecule has 2 aliphatic heterocycles. The quantitative estimate of drug-likeness (QED) is 0.427. The van der Waals surface area contributed by atoms with Gasteiger partial charge in [0.05, 0.1) is 42.2 Å². The van der Waals surface area contributed by atoms with Gasteiger partial charge in [0.2, 0.25) is 5.91 Å². The van der Waals surface area contributed by atoms with E-state index in [9.17, 15) is 9.59 Å². The van der Waals surface area contributed by atoms with Crippen LogP contribution in [0.25, 0.3) is 0 Å². The molecule has 0 spiro atoms. The highest BCUT2D eigenvalue weighted by Crippen LogP contribution is 2.33. The predicted molar refractivity (Wildman–Crippen MR) is 237 cm³/mol. The topological polar surface area (TPSA) is 71.1 Å². The molecule has 0 aromatic heterocycles. The molecule has 0 saturated carbocycles. The van der Waals surface area contributed by atoms with E-state index in [0.717, 1.165) is 0 Å². The van der Waals surface area contributed by atoms with Crippen LogP contribution in [-0.4, -0.2) is 55.5 Å². The summed E-state index contributed by atoms with van der Waals surface area (Å²) >= 11 is 0.